The third kappa shape index (κ3) is 2.45. The second-order valence-electron chi connectivity index (χ2n) is 3.47. The van der Waals surface area contributed by atoms with Crippen molar-refractivity contribution in [2.45, 2.75) is 25.4 Å². The first-order chi connectivity index (χ1) is 6.34. The van der Waals surface area contributed by atoms with Crippen molar-refractivity contribution in [3.63, 3.8) is 0 Å². The molecule has 2 rings (SSSR count). The van der Waals surface area contributed by atoms with E-state index in [1.807, 2.05) is 12.1 Å². The molecule has 1 saturated heterocycles. The molecule has 1 aliphatic rings. The van der Waals surface area contributed by atoms with Gasteiger partial charge in [0.1, 0.15) is 0 Å². The van der Waals surface area contributed by atoms with Gasteiger partial charge in [0, 0.05) is 11.6 Å². The minimum atomic E-state index is 0.432. The van der Waals surface area contributed by atoms with Gasteiger partial charge in [0.15, 0.2) is 0 Å². The molecule has 0 radical (unpaired) electrons. The number of benzene rings is 1. The molecular weight excluding hydrogens is 184 g/mol. The zero-order valence-electron chi connectivity index (χ0n) is 7.50. The molecule has 1 aromatic rings. The Labute approximate surface area is 83.7 Å². The maximum atomic E-state index is 5.80. The Bertz CT molecular complexity index is 262. The molecular formula is C11H13ClO. The number of rotatable bonds is 2. The summed E-state index contributed by atoms with van der Waals surface area (Å²) in [6.45, 7) is 0.929. The molecule has 1 atom stereocenters. The van der Waals surface area contributed by atoms with Crippen LogP contribution in [0.5, 0.6) is 0 Å². The van der Waals surface area contributed by atoms with Crippen LogP contribution in [0.4, 0.5) is 0 Å². The lowest BCUT2D eigenvalue weighted by molar-refractivity contribution is 0.111. The van der Waals surface area contributed by atoms with Crippen LogP contribution in [0, 0.1) is 0 Å². The zero-order chi connectivity index (χ0) is 9.10. The van der Waals surface area contributed by atoms with Gasteiger partial charge < -0.3 is 4.74 Å². The van der Waals surface area contributed by atoms with Gasteiger partial charge in [-0.15, -0.1) is 0 Å². The highest BCUT2D eigenvalue weighted by Gasteiger charge is 2.15. The van der Waals surface area contributed by atoms with Crippen LogP contribution in [0.25, 0.3) is 0 Å². The van der Waals surface area contributed by atoms with E-state index < -0.39 is 0 Å². The Morgan fingerprint density at radius 3 is 2.69 bits per heavy atom. The van der Waals surface area contributed by atoms with Gasteiger partial charge in [-0.1, -0.05) is 23.7 Å². The van der Waals surface area contributed by atoms with Gasteiger partial charge in [0.2, 0.25) is 0 Å². The molecule has 1 fully saturated rings. The topological polar surface area (TPSA) is 9.23 Å². The van der Waals surface area contributed by atoms with Crippen molar-refractivity contribution in [3.8, 4) is 0 Å². The average Bonchev–Trinajstić information content (AvgIpc) is 2.62. The minimum absolute atomic E-state index is 0.432. The summed E-state index contributed by atoms with van der Waals surface area (Å²) in [7, 11) is 0. The van der Waals surface area contributed by atoms with E-state index in [1.165, 1.54) is 18.4 Å². The Hall–Kier alpha value is -0.530. The first-order valence-electron chi connectivity index (χ1n) is 4.70. The summed E-state index contributed by atoms with van der Waals surface area (Å²) >= 11 is 5.80. The van der Waals surface area contributed by atoms with Crippen molar-refractivity contribution >= 4 is 11.6 Å². The fraction of sp³-hybridized carbons (Fsp3) is 0.455. The van der Waals surface area contributed by atoms with Gasteiger partial charge in [-0.05, 0) is 37.0 Å². The van der Waals surface area contributed by atoms with Crippen LogP contribution >= 0.6 is 11.6 Å². The second-order valence-corrected chi connectivity index (χ2v) is 3.90. The molecule has 0 aromatic heterocycles. The highest BCUT2D eigenvalue weighted by molar-refractivity contribution is 6.30. The van der Waals surface area contributed by atoms with Crippen LogP contribution in [0.2, 0.25) is 5.02 Å². The fourth-order valence-electron chi connectivity index (χ4n) is 1.69. The maximum Gasteiger partial charge on any atom is 0.0616 e. The Morgan fingerprint density at radius 2 is 2.08 bits per heavy atom. The van der Waals surface area contributed by atoms with Gasteiger partial charge in [-0.25, -0.2) is 0 Å². The summed E-state index contributed by atoms with van der Waals surface area (Å²) in [4.78, 5) is 0. The third-order valence-corrected chi connectivity index (χ3v) is 2.65. The van der Waals surface area contributed by atoms with Crippen LogP contribution in [-0.4, -0.2) is 12.7 Å². The summed E-state index contributed by atoms with van der Waals surface area (Å²) < 4.78 is 5.55. The molecule has 1 nitrogen and oxygen atoms in total. The van der Waals surface area contributed by atoms with Crippen molar-refractivity contribution < 1.29 is 4.74 Å². The van der Waals surface area contributed by atoms with E-state index in [1.54, 1.807) is 0 Å². The average molecular weight is 197 g/mol. The second kappa shape index (κ2) is 4.12. The smallest absolute Gasteiger partial charge is 0.0616 e. The summed E-state index contributed by atoms with van der Waals surface area (Å²) in [5.74, 6) is 0. The molecule has 0 N–H and O–H groups in total. The molecule has 1 heterocycles. The van der Waals surface area contributed by atoms with Gasteiger partial charge in [0.25, 0.3) is 0 Å². The lowest BCUT2D eigenvalue weighted by Crippen LogP contribution is -2.08. The van der Waals surface area contributed by atoms with Crippen LogP contribution in [0.1, 0.15) is 18.4 Å². The van der Waals surface area contributed by atoms with Crippen LogP contribution in [-0.2, 0) is 11.2 Å². The largest absolute Gasteiger partial charge is 0.378 e. The van der Waals surface area contributed by atoms with E-state index in [4.69, 9.17) is 16.3 Å². The van der Waals surface area contributed by atoms with E-state index in [9.17, 15) is 0 Å². The van der Waals surface area contributed by atoms with Crippen LogP contribution < -0.4 is 0 Å². The maximum absolute atomic E-state index is 5.80. The molecule has 0 aliphatic carbocycles. The number of hydrogen-bond donors (Lipinski definition) is 0. The molecule has 2 heteroatoms. The number of halogens is 1. The fourth-order valence-corrected chi connectivity index (χ4v) is 1.81. The van der Waals surface area contributed by atoms with Crippen LogP contribution in [0.3, 0.4) is 0 Å². The van der Waals surface area contributed by atoms with Gasteiger partial charge >= 0.3 is 0 Å². The summed E-state index contributed by atoms with van der Waals surface area (Å²) in [5, 5.41) is 0.802. The predicted octanol–water partition coefficient (Wildman–Crippen LogP) is 3.06. The van der Waals surface area contributed by atoms with Crippen molar-refractivity contribution in [1.82, 2.24) is 0 Å². The van der Waals surface area contributed by atoms with Gasteiger partial charge in [0.05, 0.1) is 6.10 Å². The van der Waals surface area contributed by atoms with Crippen molar-refractivity contribution in [2.24, 2.45) is 0 Å². The first kappa shape index (κ1) is 9.04. The van der Waals surface area contributed by atoms with E-state index in [0.29, 0.717) is 6.10 Å². The third-order valence-electron chi connectivity index (χ3n) is 2.40. The van der Waals surface area contributed by atoms with E-state index >= 15 is 0 Å². The lowest BCUT2D eigenvalue weighted by Gasteiger charge is -2.08. The standard InChI is InChI=1S/C11H13ClO/c12-10-5-3-9(4-6-10)8-11-2-1-7-13-11/h3-6,11H,1-2,7-8H2. The molecule has 0 saturated carbocycles. The van der Waals surface area contributed by atoms with Gasteiger partial charge in [-0.2, -0.15) is 0 Å². The van der Waals surface area contributed by atoms with E-state index in [0.717, 1.165) is 18.1 Å². The van der Waals surface area contributed by atoms with Gasteiger partial charge in [-0.3, -0.25) is 0 Å². The molecule has 13 heavy (non-hydrogen) atoms. The summed E-state index contributed by atoms with van der Waals surface area (Å²) in [6.07, 6.45) is 3.86. The highest BCUT2D eigenvalue weighted by atomic mass is 35.5. The van der Waals surface area contributed by atoms with E-state index in [-0.39, 0.29) is 0 Å². The molecule has 1 aromatic carbocycles. The molecule has 0 spiro atoms. The monoisotopic (exact) mass is 196 g/mol. The molecule has 1 unspecified atom stereocenters. The molecule has 0 bridgehead atoms. The Kier molecular flexibility index (Phi) is 2.87. The zero-order valence-corrected chi connectivity index (χ0v) is 8.26. The molecule has 1 aliphatic heterocycles. The Balaban J connectivity index is 1.97. The molecule has 0 amide bonds. The minimum Gasteiger partial charge on any atom is -0.378 e. The van der Waals surface area contributed by atoms with Crippen molar-refractivity contribution in [1.29, 1.82) is 0 Å². The van der Waals surface area contributed by atoms with Crippen molar-refractivity contribution in [3.05, 3.63) is 34.9 Å². The molecule has 70 valence electrons. The summed E-state index contributed by atoms with van der Waals surface area (Å²) in [6, 6.07) is 8.02. The normalized spacial score (nSPS) is 22.1. The SMILES string of the molecule is Clc1ccc(CC2CCCO2)cc1. The lowest BCUT2D eigenvalue weighted by atomic mass is 10.1. The van der Waals surface area contributed by atoms with Crippen LogP contribution in [0.15, 0.2) is 24.3 Å². The highest BCUT2D eigenvalue weighted by Crippen LogP contribution is 2.18. The number of ether oxygens (including phenoxy) is 1. The summed E-state index contributed by atoms with van der Waals surface area (Å²) in [5.41, 5.74) is 1.32. The van der Waals surface area contributed by atoms with Crippen molar-refractivity contribution in [2.75, 3.05) is 6.61 Å². The number of hydrogen-bond acceptors (Lipinski definition) is 1. The Morgan fingerprint density at radius 1 is 1.31 bits per heavy atom. The quantitative estimate of drug-likeness (QED) is 0.707. The van der Waals surface area contributed by atoms with E-state index in [2.05, 4.69) is 12.1 Å². The first-order valence-corrected chi connectivity index (χ1v) is 5.08. The predicted molar refractivity (Wildman–Crippen MR) is 54.1 cm³/mol.